The van der Waals surface area contributed by atoms with Crippen LogP contribution in [0.3, 0.4) is 0 Å². The molecule has 1 unspecified atom stereocenters. The van der Waals surface area contributed by atoms with E-state index in [1.807, 2.05) is 20.8 Å². The van der Waals surface area contributed by atoms with Gasteiger partial charge in [-0.15, -0.1) is 0 Å². The summed E-state index contributed by atoms with van der Waals surface area (Å²) in [6.45, 7) is 5.67. The molecule has 1 aliphatic carbocycles. The summed E-state index contributed by atoms with van der Waals surface area (Å²) in [7, 11) is 0. The van der Waals surface area contributed by atoms with Crippen LogP contribution in [0.1, 0.15) is 27.2 Å². The average Bonchev–Trinajstić information content (AvgIpc) is 2.41. The number of carbonyl (C=O) groups is 1. The summed E-state index contributed by atoms with van der Waals surface area (Å²) >= 11 is 0. The Bertz CT molecular complexity index is 173. The molecule has 0 aromatic heterocycles. The van der Waals surface area contributed by atoms with Crippen molar-refractivity contribution < 1.29 is 9.18 Å². The van der Waals surface area contributed by atoms with E-state index in [4.69, 9.17) is 0 Å². The Morgan fingerprint density at radius 2 is 2.00 bits per heavy atom. The van der Waals surface area contributed by atoms with Crippen LogP contribution in [0.4, 0.5) is 4.39 Å². The summed E-state index contributed by atoms with van der Waals surface area (Å²) in [5, 5.41) is 2.73. The topological polar surface area (TPSA) is 29.1 Å². The lowest BCUT2D eigenvalue weighted by Crippen LogP contribution is -2.41. The van der Waals surface area contributed by atoms with Crippen molar-refractivity contribution >= 4 is 5.91 Å². The molecule has 3 heteroatoms. The highest BCUT2D eigenvalue weighted by Gasteiger charge is 2.44. The minimum Gasteiger partial charge on any atom is -0.351 e. The molecule has 11 heavy (non-hydrogen) atoms. The van der Waals surface area contributed by atoms with Crippen LogP contribution in [0.15, 0.2) is 0 Å². The van der Waals surface area contributed by atoms with E-state index >= 15 is 0 Å². The zero-order chi connectivity index (χ0) is 8.65. The summed E-state index contributed by atoms with van der Waals surface area (Å²) in [6.07, 6.45) is -0.487. The lowest BCUT2D eigenvalue weighted by molar-refractivity contribution is -0.124. The summed E-state index contributed by atoms with van der Waals surface area (Å²) in [4.78, 5) is 11.1. The number of hydrogen-bond acceptors (Lipinski definition) is 1. The van der Waals surface area contributed by atoms with Crippen molar-refractivity contribution in [1.82, 2.24) is 5.32 Å². The van der Waals surface area contributed by atoms with Crippen molar-refractivity contribution in [3.05, 3.63) is 0 Å². The van der Waals surface area contributed by atoms with Crippen LogP contribution in [0.2, 0.25) is 0 Å². The highest BCUT2D eigenvalue weighted by molar-refractivity contribution is 5.82. The third-order valence-corrected chi connectivity index (χ3v) is 1.55. The van der Waals surface area contributed by atoms with Gasteiger partial charge in [-0.2, -0.15) is 0 Å². The molecular formula is C8H14FNO. The molecule has 0 radical (unpaired) electrons. The monoisotopic (exact) mass is 159 g/mol. The summed E-state index contributed by atoms with van der Waals surface area (Å²) < 4.78 is 12.3. The van der Waals surface area contributed by atoms with Crippen molar-refractivity contribution in [1.29, 1.82) is 0 Å². The number of hydrogen-bond donors (Lipinski definition) is 1. The Labute approximate surface area is 66.2 Å². The predicted molar refractivity (Wildman–Crippen MR) is 40.9 cm³/mol. The zero-order valence-corrected chi connectivity index (χ0v) is 7.15. The van der Waals surface area contributed by atoms with Gasteiger partial charge in [-0.25, -0.2) is 4.39 Å². The first-order valence-corrected chi connectivity index (χ1v) is 3.86. The van der Waals surface area contributed by atoms with E-state index in [2.05, 4.69) is 5.32 Å². The third-order valence-electron chi connectivity index (χ3n) is 1.55. The minimum atomic E-state index is -0.891. The number of rotatable bonds is 1. The van der Waals surface area contributed by atoms with Crippen LogP contribution >= 0.6 is 0 Å². The van der Waals surface area contributed by atoms with Gasteiger partial charge < -0.3 is 5.32 Å². The molecule has 1 aliphatic rings. The van der Waals surface area contributed by atoms with Gasteiger partial charge in [-0.05, 0) is 27.2 Å². The quantitative estimate of drug-likeness (QED) is 0.613. The Balaban J connectivity index is 2.33. The highest BCUT2D eigenvalue weighted by Crippen LogP contribution is 2.34. The summed E-state index contributed by atoms with van der Waals surface area (Å²) in [5.74, 6) is -0.515. The number of nitrogens with one attached hydrogen (secondary N) is 1. The number of halogens is 1. The Kier molecular flexibility index (Phi) is 1.90. The standard InChI is InChI=1S/C8H14FNO/c1-8(2,3)10-7(11)5-4-6(5)9/h5-6H,4H2,1-3H3,(H,10,11)/t5-,6?/m0/s1. The van der Waals surface area contributed by atoms with Gasteiger partial charge in [-0.1, -0.05) is 0 Å². The van der Waals surface area contributed by atoms with E-state index in [0.717, 1.165) is 0 Å². The third kappa shape index (κ3) is 2.48. The predicted octanol–water partition coefficient (Wildman–Crippen LogP) is 1.26. The van der Waals surface area contributed by atoms with Gasteiger partial charge in [0, 0.05) is 5.54 Å². The van der Waals surface area contributed by atoms with Gasteiger partial charge in [0.15, 0.2) is 0 Å². The largest absolute Gasteiger partial charge is 0.351 e. The maximum absolute atomic E-state index is 12.3. The van der Waals surface area contributed by atoms with Gasteiger partial charge in [-0.3, -0.25) is 4.79 Å². The highest BCUT2D eigenvalue weighted by atomic mass is 19.1. The fourth-order valence-electron chi connectivity index (χ4n) is 0.898. The molecular weight excluding hydrogens is 145 g/mol. The molecule has 1 N–H and O–H groups in total. The van der Waals surface area contributed by atoms with E-state index < -0.39 is 6.17 Å². The summed E-state index contributed by atoms with van der Waals surface area (Å²) in [5.41, 5.74) is -0.237. The molecule has 0 heterocycles. The number of alkyl halides is 1. The van der Waals surface area contributed by atoms with E-state index in [1.165, 1.54) is 0 Å². The smallest absolute Gasteiger partial charge is 0.226 e. The molecule has 1 fully saturated rings. The fraction of sp³-hybridized carbons (Fsp3) is 0.875. The van der Waals surface area contributed by atoms with Gasteiger partial charge >= 0.3 is 0 Å². The van der Waals surface area contributed by atoms with Gasteiger partial charge in [0.1, 0.15) is 6.17 Å². The van der Waals surface area contributed by atoms with Gasteiger partial charge in [0.25, 0.3) is 0 Å². The average molecular weight is 159 g/mol. The van der Waals surface area contributed by atoms with E-state index in [9.17, 15) is 9.18 Å². The fourth-order valence-corrected chi connectivity index (χ4v) is 0.898. The molecule has 1 saturated carbocycles. The second-order valence-electron chi connectivity index (χ2n) is 4.10. The van der Waals surface area contributed by atoms with E-state index in [0.29, 0.717) is 6.42 Å². The van der Waals surface area contributed by atoms with Crippen molar-refractivity contribution in [2.24, 2.45) is 5.92 Å². The van der Waals surface area contributed by atoms with Crippen molar-refractivity contribution in [2.75, 3.05) is 0 Å². The van der Waals surface area contributed by atoms with Crippen molar-refractivity contribution in [3.63, 3.8) is 0 Å². The molecule has 1 amide bonds. The van der Waals surface area contributed by atoms with Crippen LogP contribution in [0, 0.1) is 5.92 Å². The zero-order valence-electron chi connectivity index (χ0n) is 7.15. The number of carbonyl (C=O) groups excluding carboxylic acids is 1. The summed E-state index contributed by atoms with van der Waals surface area (Å²) in [6, 6.07) is 0. The number of amides is 1. The van der Waals surface area contributed by atoms with Crippen LogP contribution in [0.25, 0.3) is 0 Å². The normalized spacial score (nSPS) is 29.8. The second kappa shape index (κ2) is 2.47. The molecule has 1 rings (SSSR count). The SMILES string of the molecule is CC(C)(C)NC(=O)[C@H]1CC1F. The first kappa shape index (κ1) is 8.50. The van der Waals surface area contributed by atoms with Crippen molar-refractivity contribution in [2.45, 2.75) is 38.9 Å². The maximum atomic E-state index is 12.3. The van der Waals surface area contributed by atoms with E-state index in [1.54, 1.807) is 0 Å². The first-order valence-electron chi connectivity index (χ1n) is 3.86. The Morgan fingerprint density at radius 3 is 2.27 bits per heavy atom. The molecule has 0 aromatic carbocycles. The van der Waals surface area contributed by atoms with Crippen molar-refractivity contribution in [3.8, 4) is 0 Å². The molecule has 2 atom stereocenters. The van der Waals surface area contributed by atoms with Crippen LogP contribution in [-0.2, 0) is 4.79 Å². The second-order valence-corrected chi connectivity index (χ2v) is 4.10. The lowest BCUT2D eigenvalue weighted by atomic mass is 10.1. The molecule has 0 spiro atoms. The molecule has 2 nitrogen and oxygen atoms in total. The molecule has 0 aromatic rings. The molecule has 0 saturated heterocycles. The maximum Gasteiger partial charge on any atom is 0.226 e. The molecule has 64 valence electrons. The van der Waals surface area contributed by atoms with Gasteiger partial charge in [0.05, 0.1) is 5.92 Å². The minimum absolute atomic E-state index is 0.148. The molecule has 0 aliphatic heterocycles. The lowest BCUT2D eigenvalue weighted by Gasteiger charge is -2.20. The van der Waals surface area contributed by atoms with Crippen LogP contribution in [0.5, 0.6) is 0 Å². The van der Waals surface area contributed by atoms with Crippen LogP contribution < -0.4 is 5.32 Å². The first-order chi connectivity index (χ1) is 4.90. The van der Waals surface area contributed by atoms with Gasteiger partial charge in [0.2, 0.25) is 5.91 Å². The molecule has 0 bridgehead atoms. The van der Waals surface area contributed by atoms with E-state index in [-0.39, 0.29) is 17.4 Å². The Hall–Kier alpha value is -0.600. The Morgan fingerprint density at radius 1 is 1.55 bits per heavy atom. The van der Waals surface area contributed by atoms with Crippen LogP contribution in [-0.4, -0.2) is 17.6 Å².